The molecule has 0 saturated carbocycles. The first-order valence-electron chi connectivity index (χ1n) is 10.2. The molecule has 12 heteroatoms. The fourth-order valence-electron chi connectivity index (χ4n) is 3.71. The van der Waals surface area contributed by atoms with Crippen LogP contribution in [0.15, 0.2) is 36.4 Å². The van der Waals surface area contributed by atoms with Gasteiger partial charge < -0.3 is 15.3 Å². The van der Waals surface area contributed by atoms with Crippen LogP contribution in [-0.4, -0.2) is 46.0 Å². The van der Waals surface area contributed by atoms with Crippen LogP contribution in [0.1, 0.15) is 33.8 Å². The second-order valence-electron chi connectivity index (χ2n) is 7.86. The summed E-state index contributed by atoms with van der Waals surface area (Å²) in [5.74, 6) is -3.20. The summed E-state index contributed by atoms with van der Waals surface area (Å²) in [6.07, 6.45) is -6.79. The number of rotatable bonds is 4. The van der Waals surface area contributed by atoms with Crippen molar-refractivity contribution in [2.75, 3.05) is 13.1 Å². The SMILES string of the molecule is O=C(O)NCc1nc2cc(-c3ccc(C(=O)N4CCC(F)(F)CC4)cc3)cc(C(F)(F)F)c2s1. The van der Waals surface area contributed by atoms with Crippen molar-refractivity contribution in [2.24, 2.45) is 0 Å². The predicted octanol–water partition coefficient (Wildman–Crippen LogP) is 5.62. The van der Waals surface area contributed by atoms with E-state index in [0.29, 0.717) is 5.56 Å². The number of nitrogens with one attached hydrogen (secondary N) is 1. The summed E-state index contributed by atoms with van der Waals surface area (Å²) in [4.78, 5) is 28.8. The Kier molecular flexibility index (Phi) is 6.19. The summed E-state index contributed by atoms with van der Waals surface area (Å²) in [6.45, 7) is -0.356. The van der Waals surface area contributed by atoms with E-state index in [1.165, 1.54) is 35.2 Å². The molecule has 1 aliphatic rings. The van der Waals surface area contributed by atoms with Crippen LogP contribution in [-0.2, 0) is 12.7 Å². The van der Waals surface area contributed by atoms with Gasteiger partial charge in [0.25, 0.3) is 11.8 Å². The Morgan fingerprint density at radius 1 is 1.09 bits per heavy atom. The Balaban J connectivity index is 1.62. The van der Waals surface area contributed by atoms with Gasteiger partial charge in [-0.05, 0) is 35.4 Å². The van der Waals surface area contributed by atoms with Gasteiger partial charge in [-0.3, -0.25) is 4.79 Å². The highest BCUT2D eigenvalue weighted by Crippen LogP contribution is 2.40. The average Bonchev–Trinajstić information content (AvgIpc) is 3.19. The molecule has 0 unspecified atom stereocenters. The van der Waals surface area contributed by atoms with E-state index in [2.05, 4.69) is 10.3 Å². The Morgan fingerprint density at radius 2 is 1.74 bits per heavy atom. The molecular weight excluding hydrogens is 481 g/mol. The molecule has 1 saturated heterocycles. The number of amides is 2. The summed E-state index contributed by atoms with van der Waals surface area (Å²) in [7, 11) is 0. The number of fused-ring (bicyclic) bond motifs is 1. The molecule has 6 nitrogen and oxygen atoms in total. The van der Waals surface area contributed by atoms with E-state index in [0.717, 1.165) is 17.4 Å². The number of likely N-dealkylation sites (tertiary alicyclic amines) is 1. The summed E-state index contributed by atoms with van der Waals surface area (Å²) >= 11 is 0.758. The molecule has 0 bridgehead atoms. The van der Waals surface area contributed by atoms with E-state index in [9.17, 15) is 31.5 Å². The summed E-state index contributed by atoms with van der Waals surface area (Å²) in [5, 5.41) is 11.0. The van der Waals surface area contributed by atoms with Crippen LogP contribution in [0.4, 0.5) is 26.7 Å². The zero-order chi connectivity index (χ0) is 24.7. The average molecular weight is 499 g/mol. The minimum atomic E-state index is -4.66. The van der Waals surface area contributed by atoms with E-state index in [1.807, 2.05) is 0 Å². The van der Waals surface area contributed by atoms with Gasteiger partial charge >= 0.3 is 12.3 Å². The third-order valence-corrected chi connectivity index (χ3v) is 6.58. The van der Waals surface area contributed by atoms with Gasteiger partial charge in [-0.25, -0.2) is 18.6 Å². The van der Waals surface area contributed by atoms with Crippen LogP contribution in [0.25, 0.3) is 21.3 Å². The maximum atomic E-state index is 13.7. The van der Waals surface area contributed by atoms with E-state index in [1.54, 1.807) is 0 Å². The van der Waals surface area contributed by atoms with Crippen molar-refractivity contribution in [2.45, 2.75) is 31.5 Å². The quantitative estimate of drug-likeness (QED) is 0.457. The highest BCUT2D eigenvalue weighted by atomic mass is 32.1. The summed E-state index contributed by atoms with van der Waals surface area (Å²) < 4.78 is 67.8. The van der Waals surface area contributed by atoms with Crippen molar-refractivity contribution in [1.82, 2.24) is 15.2 Å². The fraction of sp³-hybridized carbons (Fsp3) is 0.318. The number of benzene rings is 2. The summed E-state index contributed by atoms with van der Waals surface area (Å²) in [5.41, 5.74) is 0.0634. The Bertz CT molecular complexity index is 1230. The van der Waals surface area contributed by atoms with Gasteiger partial charge in [-0.15, -0.1) is 11.3 Å². The Labute approximate surface area is 194 Å². The fourth-order valence-corrected chi connectivity index (χ4v) is 4.73. The van der Waals surface area contributed by atoms with Gasteiger partial charge in [0, 0.05) is 31.5 Å². The molecule has 0 atom stereocenters. The Morgan fingerprint density at radius 3 is 2.32 bits per heavy atom. The van der Waals surface area contributed by atoms with Crippen LogP contribution in [0.5, 0.6) is 0 Å². The smallest absolute Gasteiger partial charge is 0.417 e. The number of carboxylic acid groups (broad SMARTS) is 1. The molecule has 0 aliphatic carbocycles. The number of hydrogen-bond donors (Lipinski definition) is 2. The predicted molar refractivity (Wildman–Crippen MR) is 115 cm³/mol. The molecule has 180 valence electrons. The third kappa shape index (κ3) is 5.11. The van der Waals surface area contributed by atoms with Crippen molar-refractivity contribution in [3.63, 3.8) is 0 Å². The minimum Gasteiger partial charge on any atom is -0.465 e. The first-order valence-corrected chi connectivity index (χ1v) is 11.0. The van der Waals surface area contributed by atoms with Crippen LogP contribution in [0, 0.1) is 0 Å². The van der Waals surface area contributed by atoms with Gasteiger partial charge in [0.1, 0.15) is 5.01 Å². The largest absolute Gasteiger partial charge is 0.465 e. The molecule has 2 aromatic carbocycles. The lowest BCUT2D eigenvalue weighted by Gasteiger charge is -2.31. The first-order chi connectivity index (χ1) is 15.9. The number of hydrogen-bond acceptors (Lipinski definition) is 4. The lowest BCUT2D eigenvalue weighted by Crippen LogP contribution is -2.42. The van der Waals surface area contributed by atoms with Crippen LogP contribution in [0.2, 0.25) is 0 Å². The molecule has 1 fully saturated rings. The van der Waals surface area contributed by atoms with Gasteiger partial charge in [0.05, 0.1) is 22.3 Å². The Hall–Kier alpha value is -3.28. The van der Waals surface area contributed by atoms with Crippen molar-refractivity contribution in [3.05, 3.63) is 52.5 Å². The normalized spacial score (nSPS) is 16.0. The van der Waals surface area contributed by atoms with Gasteiger partial charge in [-0.1, -0.05) is 12.1 Å². The van der Waals surface area contributed by atoms with Gasteiger partial charge in [0.2, 0.25) is 0 Å². The van der Waals surface area contributed by atoms with E-state index >= 15 is 0 Å². The molecule has 2 heterocycles. The monoisotopic (exact) mass is 499 g/mol. The number of nitrogens with zero attached hydrogens (tertiary/aromatic N) is 2. The van der Waals surface area contributed by atoms with Gasteiger partial charge in [-0.2, -0.15) is 13.2 Å². The molecule has 3 aromatic rings. The van der Waals surface area contributed by atoms with Crippen molar-refractivity contribution >= 4 is 33.6 Å². The second-order valence-corrected chi connectivity index (χ2v) is 8.95. The van der Waals surface area contributed by atoms with Crippen LogP contribution >= 0.6 is 11.3 Å². The number of aromatic nitrogens is 1. The molecule has 2 amide bonds. The molecule has 0 spiro atoms. The number of halogens is 5. The van der Waals surface area contributed by atoms with E-state index < -0.39 is 42.5 Å². The van der Waals surface area contributed by atoms with E-state index in [-0.39, 0.29) is 46.0 Å². The first kappa shape index (κ1) is 23.9. The molecule has 4 rings (SSSR count). The lowest BCUT2D eigenvalue weighted by molar-refractivity contribution is -0.136. The highest BCUT2D eigenvalue weighted by molar-refractivity contribution is 7.18. The number of thiazole rings is 1. The summed E-state index contributed by atoms with van der Waals surface area (Å²) in [6, 6.07) is 8.34. The lowest BCUT2D eigenvalue weighted by atomic mass is 10.00. The maximum absolute atomic E-state index is 13.7. The molecule has 1 aromatic heterocycles. The van der Waals surface area contributed by atoms with Crippen molar-refractivity contribution in [1.29, 1.82) is 0 Å². The van der Waals surface area contributed by atoms with Crippen molar-refractivity contribution < 1.29 is 36.6 Å². The second kappa shape index (κ2) is 8.82. The van der Waals surface area contributed by atoms with Crippen LogP contribution in [0.3, 0.4) is 0 Å². The molecule has 1 aliphatic heterocycles. The minimum absolute atomic E-state index is 0.0674. The molecular formula is C22H18F5N3O3S. The number of carbonyl (C=O) groups is 2. The number of carbonyl (C=O) groups excluding carboxylic acids is 1. The number of piperidine rings is 1. The van der Waals surface area contributed by atoms with E-state index in [4.69, 9.17) is 5.11 Å². The molecule has 0 radical (unpaired) electrons. The molecule has 2 N–H and O–H groups in total. The maximum Gasteiger partial charge on any atom is 0.417 e. The van der Waals surface area contributed by atoms with Gasteiger partial charge in [0.15, 0.2) is 0 Å². The highest BCUT2D eigenvalue weighted by Gasteiger charge is 2.36. The standard InChI is InChI=1S/C22H18F5N3O3S/c23-21(24)5-7-30(8-6-21)19(31)13-3-1-12(2-4-13)14-9-15(22(25,26)27)18-16(10-14)29-17(34-18)11-28-20(32)33/h1-4,9-10,28H,5-8,11H2,(H,32,33). The van der Waals surface area contributed by atoms with Crippen LogP contribution < -0.4 is 5.32 Å². The third-order valence-electron chi connectivity index (χ3n) is 5.48. The molecule has 34 heavy (non-hydrogen) atoms. The topological polar surface area (TPSA) is 82.5 Å². The zero-order valence-electron chi connectivity index (χ0n) is 17.5. The number of alkyl halides is 5. The van der Waals surface area contributed by atoms with Crippen molar-refractivity contribution in [3.8, 4) is 11.1 Å². The zero-order valence-corrected chi connectivity index (χ0v) is 18.3.